The monoisotopic (exact) mass is 283 g/mol. The lowest BCUT2D eigenvalue weighted by atomic mass is 10.0. The van der Waals surface area contributed by atoms with Gasteiger partial charge in [-0.2, -0.15) is 0 Å². The number of hydrogen-bond donors (Lipinski definition) is 2. The predicted molar refractivity (Wildman–Crippen MR) is 63.1 cm³/mol. The summed E-state index contributed by atoms with van der Waals surface area (Å²) in [6.07, 6.45) is 1.46. The van der Waals surface area contributed by atoms with Gasteiger partial charge in [-0.1, -0.05) is 12.1 Å². The van der Waals surface area contributed by atoms with Gasteiger partial charge in [-0.15, -0.1) is 0 Å². The van der Waals surface area contributed by atoms with E-state index in [0.717, 1.165) is 9.86 Å². The maximum atomic E-state index is 10.6. The Hall–Kier alpha value is -1.33. The van der Waals surface area contributed by atoms with Crippen LogP contribution in [0.4, 0.5) is 0 Å². The third-order valence-corrected chi connectivity index (χ3v) is 2.99. The van der Waals surface area contributed by atoms with Gasteiger partial charge < -0.3 is 15.3 Å². The van der Waals surface area contributed by atoms with E-state index in [2.05, 4.69) is 15.9 Å². The number of nitrogens with two attached hydrogens (primary N) is 1. The normalized spacial score (nSPS) is 12.9. The van der Waals surface area contributed by atoms with Crippen molar-refractivity contribution in [1.29, 1.82) is 0 Å². The molecule has 4 nitrogen and oxygen atoms in total. The molecular formula is C11H10BrNO3. The fourth-order valence-electron chi connectivity index (χ4n) is 1.64. The Morgan fingerprint density at radius 1 is 1.56 bits per heavy atom. The topological polar surface area (TPSA) is 76.5 Å². The molecule has 2 aromatic rings. The lowest BCUT2D eigenvalue weighted by Crippen LogP contribution is -2.15. The molecule has 0 aliphatic rings. The van der Waals surface area contributed by atoms with Gasteiger partial charge in [0.05, 0.1) is 10.9 Å². The van der Waals surface area contributed by atoms with Crippen molar-refractivity contribution < 1.29 is 14.3 Å². The quantitative estimate of drug-likeness (QED) is 0.908. The largest absolute Gasteiger partial charge is 0.481 e. The highest BCUT2D eigenvalue weighted by Gasteiger charge is 2.16. The van der Waals surface area contributed by atoms with E-state index >= 15 is 0 Å². The zero-order chi connectivity index (χ0) is 11.7. The molecule has 3 N–H and O–H groups in total. The van der Waals surface area contributed by atoms with Crippen LogP contribution in [-0.4, -0.2) is 11.1 Å². The first kappa shape index (κ1) is 11.2. The molecule has 1 heterocycles. The van der Waals surface area contributed by atoms with Crippen LogP contribution in [-0.2, 0) is 4.79 Å². The van der Waals surface area contributed by atoms with Gasteiger partial charge in [-0.3, -0.25) is 4.79 Å². The van der Waals surface area contributed by atoms with E-state index in [1.54, 1.807) is 12.3 Å². The molecule has 0 saturated heterocycles. The summed E-state index contributed by atoms with van der Waals surface area (Å²) in [7, 11) is 0. The minimum atomic E-state index is -0.921. The van der Waals surface area contributed by atoms with Crippen molar-refractivity contribution in [2.45, 2.75) is 12.5 Å². The number of para-hydroxylation sites is 1. The first-order chi connectivity index (χ1) is 7.59. The van der Waals surface area contributed by atoms with Crippen LogP contribution in [0.5, 0.6) is 0 Å². The number of halogens is 1. The van der Waals surface area contributed by atoms with E-state index in [-0.39, 0.29) is 6.42 Å². The number of furan rings is 1. The van der Waals surface area contributed by atoms with Gasteiger partial charge in [0.2, 0.25) is 0 Å². The third kappa shape index (κ3) is 1.96. The van der Waals surface area contributed by atoms with E-state index in [1.165, 1.54) is 0 Å². The van der Waals surface area contributed by atoms with Gasteiger partial charge >= 0.3 is 5.97 Å². The summed E-state index contributed by atoms with van der Waals surface area (Å²) in [5, 5.41) is 9.60. The average Bonchev–Trinajstić information content (AvgIpc) is 2.59. The number of rotatable bonds is 3. The Morgan fingerprint density at radius 3 is 3.00 bits per heavy atom. The Morgan fingerprint density at radius 2 is 2.31 bits per heavy atom. The standard InChI is InChI=1S/C11H10BrNO3/c12-8-5-16-11-6(8)2-1-3-7(11)9(13)4-10(14)15/h1-3,5,9H,4,13H2,(H,14,15). The summed E-state index contributed by atoms with van der Waals surface area (Å²) >= 11 is 3.35. The molecule has 0 bridgehead atoms. The second kappa shape index (κ2) is 4.27. The van der Waals surface area contributed by atoms with Gasteiger partial charge in [-0.25, -0.2) is 0 Å². The fraction of sp³-hybridized carbons (Fsp3) is 0.182. The zero-order valence-electron chi connectivity index (χ0n) is 8.31. The number of aliphatic carboxylic acids is 1. The number of fused-ring (bicyclic) bond motifs is 1. The molecule has 2 rings (SSSR count). The number of hydrogen-bond acceptors (Lipinski definition) is 3. The van der Waals surface area contributed by atoms with Crippen molar-refractivity contribution in [3.8, 4) is 0 Å². The van der Waals surface area contributed by atoms with Gasteiger partial charge in [-0.05, 0) is 22.0 Å². The smallest absolute Gasteiger partial charge is 0.305 e. The summed E-state index contributed by atoms with van der Waals surface area (Å²) in [4.78, 5) is 10.6. The molecule has 16 heavy (non-hydrogen) atoms. The highest BCUT2D eigenvalue weighted by Crippen LogP contribution is 2.31. The number of carboxylic acids is 1. The van der Waals surface area contributed by atoms with Gasteiger partial charge in [0.15, 0.2) is 0 Å². The van der Waals surface area contributed by atoms with Gasteiger partial charge in [0.1, 0.15) is 11.8 Å². The first-order valence-electron chi connectivity index (χ1n) is 4.72. The predicted octanol–water partition coefficient (Wildman–Crippen LogP) is 2.67. The second-order valence-electron chi connectivity index (χ2n) is 3.51. The molecular weight excluding hydrogens is 274 g/mol. The lowest BCUT2D eigenvalue weighted by Gasteiger charge is -2.09. The molecule has 0 amide bonds. The highest BCUT2D eigenvalue weighted by molar-refractivity contribution is 9.10. The molecule has 0 aliphatic heterocycles. The molecule has 1 unspecified atom stereocenters. The summed E-state index contributed by atoms with van der Waals surface area (Å²) < 4.78 is 6.20. The van der Waals surface area contributed by atoms with Crippen LogP contribution < -0.4 is 5.73 Å². The number of carbonyl (C=O) groups is 1. The Bertz CT molecular complexity index is 535. The Labute approximate surface area is 100 Å². The summed E-state index contributed by atoms with van der Waals surface area (Å²) in [6.45, 7) is 0. The molecule has 0 radical (unpaired) electrons. The fourth-order valence-corrected chi connectivity index (χ4v) is 2.04. The van der Waals surface area contributed by atoms with E-state index in [0.29, 0.717) is 11.1 Å². The molecule has 84 valence electrons. The number of carboxylic acid groups (broad SMARTS) is 1. The molecule has 1 atom stereocenters. The minimum absolute atomic E-state index is 0.114. The van der Waals surface area contributed by atoms with Crippen LogP contribution >= 0.6 is 15.9 Å². The SMILES string of the molecule is NC(CC(=O)O)c1cccc2c(Br)coc12. The van der Waals surface area contributed by atoms with Crippen molar-refractivity contribution >= 4 is 32.9 Å². The van der Waals surface area contributed by atoms with Crippen LogP contribution in [0, 0.1) is 0 Å². The van der Waals surface area contributed by atoms with Crippen LogP contribution in [0.25, 0.3) is 11.0 Å². The van der Waals surface area contributed by atoms with Crippen LogP contribution in [0.15, 0.2) is 33.4 Å². The Kier molecular flexibility index (Phi) is 2.98. The van der Waals surface area contributed by atoms with Gasteiger partial charge in [0.25, 0.3) is 0 Å². The summed E-state index contributed by atoms with van der Waals surface area (Å²) in [6, 6.07) is 4.95. The molecule has 0 fully saturated rings. The minimum Gasteiger partial charge on any atom is -0.481 e. The van der Waals surface area contributed by atoms with Crippen LogP contribution in [0.2, 0.25) is 0 Å². The average molecular weight is 284 g/mol. The summed E-state index contributed by atoms with van der Waals surface area (Å²) in [5.74, 6) is -0.921. The maximum absolute atomic E-state index is 10.6. The van der Waals surface area contributed by atoms with Crippen molar-refractivity contribution in [2.75, 3.05) is 0 Å². The van der Waals surface area contributed by atoms with E-state index in [4.69, 9.17) is 15.3 Å². The van der Waals surface area contributed by atoms with Crippen LogP contribution in [0.3, 0.4) is 0 Å². The maximum Gasteiger partial charge on any atom is 0.305 e. The van der Waals surface area contributed by atoms with Crippen LogP contribution in [0.1, 0.15) is 18.0 Å². The first-order valence-corrected chi connectivity index (χ1v) is 5.52. The third-order valence-electron chi connectivity index (χ3n) is 2.38. The Balaban J connectivity index is 2.48. The molecule has 0 spiro atoms. The molecule has 0 saturated carbocycles. The zero-order valence-corrected chi connectivity index (χ0v) is 9.90. The molecule has 1 aromatic heterocycles. The van der Waals surface area contributed by atoms with Crippen molar-refractivity contribution in [2.24, 2.45) is 5.73 Å². The molecule has 0 aliphatic carbocycles. The second-order valence-corrected chi connectivity index (χ2v) is 4.37. The molecule has 5 heteroatoms. The highest BCUT2D eigenvalue weighted by atomic mass is 79.9. The lowest BCUT2D eigenvalue weighted by molar-refractivity contribution is -0.137. The van der Waals surface area contributed by atoms with E-state index in [9.17, 15) is 4.79 Å². The van der Waals surface area contributed by atoms with Gasteiger partial charge in [0, 0.05) is 17.0 Å². The number of benzene rings is 1. The van der Waals surface area contributed by atoms with Crippen molar-refractivity contribution in [3.63, 3.8) is 0 Å². The van der Waals surface area contributed by atoms with E-state index in [1.807, 2.05) is 12.1 Å². The summed E-state index contributed by atoms with van der Waals surface area (Å²) in [5.41, 5.74) is 7.17. The molecule has 1 aromatic carbocycles. The van der Waals surface area contributed by atoms with Crippen molar-refractivity contribution in [3.05, 3.63) is 34.5 Å². The van der Waals surface area contributed by atoms with Crippen molar-refractivity contribution in [1.82, 2.24) is 0 Å². The van der Waals surface area contributed by atoms with E-state index < -0.39 is 12.0 Å².